The standard InChI is InChI=1S/C3H7Cl2P/c4-2-1-3-6-5/h6H,1-3H2. The lowest BCUT2D eigenvalue weighted by molar-refractivity contribution is 1.12. The van der Waals surface area contributed by atoms with Gasteiger partial charge in [-0.15, -0.1) is 22.8 Å². The number of alkyl halides is 1. The van der Waals surface area contributed by atoms with Crippen molar-refractivity contribution in [1.29, 1.82) is 0 Å². The lowest BCUT2D eigenvalue weighted by atomic mass is 10.6. The first-order valence-electron chi connectivity index (χ1n) is 1.81. The Morgan fingerprint density at radius 3 is 2.33 bits per heavy atom. The van der Waals surface area contributed by atoms with Crippen LogP contribution in [0.2, 0.25) is 0 Å². The van der Waals surface area contributed by atoms with Crippen LogP contribution in [0.1, 0.15) is 6.42 Å². The molecule has 0 aromatic heterocycles. The topological polar surface area (TPSA) is 0 Å². The first-order chi connectivity index (χ1) is 2.91. The zero-order valence-corrected chi connectivity index (χ0v) is 5.89. The van der Waals surface area contributed by atoms with Crippen LogP contribution in [0.3, 0.4) is 0 Å². The van der Waals surface area contributed by atoms with Gasteiger partial charge in [-0.3, -0.25) is 0 Å². The first-order valence-corrected chi connectivity index (χ1v) is 4.56. The van der Waals surface area contributed by atoms with Crippen molar-refractivity contribution in [3.05, 3.63) is 0 Å². The smallest absolute Gasteiger partial charge is 0.0227 e. The van der Waals surface area contributed by atoms with E-state index in [0.717, 1.165) is 18.5 Å². The van der Waals surface area contributed by atoms with Crippen LogP contribution in [0, 0.1) is 0 Å². The van der Waals surface area contributed by atoms with Crippen LogP contribution in [0.4, 0.5) is 0 Å². The largest absolute Gasteiger partial charge is 0.127 e. The Hall–Kier alpha value is 1.01. The summed E-state index contributed by atoms with van der Waals surface area (Å²) in [5.74, 6) is 0.750. The number of hydrogen-bond donors (Lipinski definition) is 0. The Morgan fingerprint density at radius 2 is 2.17 bits per heavy atom. The molecule has 38 valence electrons. The summed E-state index contributed by atoms with van der Waals surface area (Å²) in [6, 6.07) is 0. The third-order valence-corrected chi connectivity index (χ3v) is 1.78. The summed E-state index contributed by atoms with van der Waals surface area (Å²) in [5.41, 5.74) is 0. The number of halogens is 2. The fourth-order valence-corrected chi connectivity index (χ4v) is 1.20. The summed E-state index contributed by atoms with van der Waals surface area (Å²) in [6.45, 7) is 0. The predicted molar refractivity (Wildman–Crippen MR) is 34.4 cm³/mol. The third-order valence-electron chi connectivity index (χ3n) is 0.405. The highest BCUT2D eigenvalue weighted by Crippen LogP contribution is 2.15. The van der Waals surface area contributed by atoms with Crippen LogP contribution in [-0.2, 0) is 0 Å². The van der Waals surface area contributed by atoms with Crippen molar-refractivity contribution in [2.45, 2.75) is 6.42 Å². The van der Waals surface area contributed by atoms with Crippen molar-refractivity contribution >= 4 is 30.8 Å². The molecule has 3 heteroatoms. The lowest BCUT2D eigenvalue weighted by Gasteiger charge is -1.83. The summed E-state index contributed by atoms with van der Waals surface area (Å²) in [4.78, 5) is 0. The highest BCUT2D eigenvalue weighted by atomic mass is 35.7. The molecule has 0 N–H and O–H groups in total. The Kier molecular flexibility index (Phi) is 7.02. The molecular formula is C3H7Cl2P. The summed E-state index contributed by atoms with van der Waals surface area (Å²) >= 11 is 10.7. The van der Waals surface area contributed by atoms with Crippen LogP contribution in [0.25, 0.3) is 0 Å². The summed E-state index contributed by atoms with van der Waals surface area (Å²) in [6.07, 6.45) is 2.13. The average molecular weight is 145 g/mol. The van der Waals surface area contributed by atoms with Crippen molar-refractivity contribution in [1.82, 2.24) is 0 Å². The van der Waals surface area contributed by atoms with E-state index in [2.05, 4.69) is 0 Å². The van der Waals surface area contributed by atoms with E-state index < -0.39 is 0 Å². The second-order valence-electron chi connectivity index (χ2n) is 0.926. The molecule has 0 aliphatic rings. The highest BCUT2D eigenvalue weighted by Gasteiger charge is 1.78. The maximum absolute atomic E-state index is 5.35. The third kappa shape index (κ3) is 5.01. The van der Waals surface area contributed by atoms with E-state index in [0.29, 0.717) is 7.93 Å². The van der Waals surface area contributed by atoms with Crippen molar-refractivity contribution in [3.63, 3.8) is 0 Å². The molecule has 0 radical (unpaired) electrons. The molecule has 0 saturated carbocycles. The molecule has 1 atom stereocenters. The summed E-state index contributed by atoms with van der Waals surface area (Å²) < 4.78 is 0. The zero-order valence-electron chi connectivity index (χ0n) is 3.38. The van der Waals surface area contributed by atoms with Crippen LogP contribution in [0.15, 0.2) is 0 Å². The number of hydrogen-bond acceptors (Lipinski definition) is 0. The summed E-state index contributed by atoms with van der Waals surface area (Å²) in [7, 11) is 0.552. The Morgan fingerprint density at radius 1 is 1.50 bits per heavy atom. The lowest BCUT2D eigenvalue weighted by Crippen LogP contribution is -1.72. The van der Waals surface area contributed by atoms with Crippen LogP contribution in [-0.4, -0.2) is 12.0 Å². The van der Waals surface area contributed by atoms with Crippen molar-refractivity contribution in [2.75, 3.05) is 12.0 Å². The molecule has 0 nitrogen and oxygen atoms in total. The van der Waals surface area contributed by atoms with Crippen molar-refractivity contribution < 1.29 is 0 Å². The molecule has 0 aromatic rings. The molecule has 0 bridgehead atoms. The predicted octanol–water partition coefficient (Wildman–Crippen LogP) is 2.45. The second-order valence-corrected chi connectivity index (χ2v) is 2.87. The van der Waals surface area contributed by atoms with E-state index in [4.69, 9.17) is 22.8 Å². The minimum absolute atomic E-state index is 0.552. The zero-order chi connectivity index (χ0) is 4.83. The molecular weight excluding hydrogens is 138 g/mol. The van der Waals surface area contributed by atoms with Gasteiger partial charge in [-0.05, 0) is 20.5 Å². The van der Waals surface area contributed by atoms with E-state index in [1.165, 1.54) is 0 Å². The van der Waals surface area contributed by atoms with Gasteiger partial charge in [-0.25, -0.2) is 0 Å². The van der Waals surface area contributed by atoms with Crippen LogP contribution >= 0.6 is 30.8 Å². The normalized spacial score (nSPS) is 11.0. The van der Waals surface area contributed by atoms with Gasteiger partial charge < -0.3 is 0 Å². The molecule has 0 saturated heterocycles. The van der Waals surface area contributed by atoms with E-state index in [1.54, 1.807) is 0 Å². The van der Waals surface area contributed by atoms with E-state index in [1.807, 2.05) is 0 Å². The molecule has 0 rings (SSSR count). The SMILES string of the molecule is ClCCCPCl. The molecule has 0 amide bonds. The molecule has 0 aliphatic heterocycles. The fraction of sp³-hybridized carbons (Fsp3) is 1.00. The van der Waals surface area contributed by atoms with Gasteiger partial charge in [0.1, 0.15) is 0 Å². The van der Waals surface area contributed by atoms with Gasteiger partial charge in [0.2, 0.25) is 0 Å². The fourth-order valence-electron chi connectivity index (χ4n) is 0.134. The Bertz CT molecular complexity index is 20.8. The number of rotatable bonds is 3. The van der Waals surface area contributed by atoms with Crippen LogP contribution in [0.5, 0.6) is 0 Å². The highest BCUT2D eigenvalue weighted by molar-refractivity contribution is 7.68. The molecule has 0 heterocycles. The molecule has 0 aromatic carbocycles. The van der Waals surface area contributed by atoms with Crippen molar-refractivity contribution in [3.8, 4) is 0 Å². The monoisotopic (exact) mass is 144 g/mol. The minimum Gasteiger partial charge on any atom is -0.127 e. The molecule has 0 aliphatic carbocycles. The Balaban J connectivity index is 2.34. The van der Waals surface area contributed by atoms with Gasteiger partial charge in [0, 0.05) is 5.88 Å². The Labute approximate surface area is 49.8 Å². The summed E-state index contributed by atoms with van der Waals surface area (Å²) in [5, 5.41) is 0. The molecule has 6 heavy (non-hydrogen) atoms. The maximum Gasteiger partial charge on any atom is 0.0227 e. The van der Waals surface area contributed by atoms with Gasteiger partial charge in [0.25, 0.3) is 0 Å². The van der Waals surface area contributed by atoms with Gasteiger partial charge >= 0.3 is 0 Å². The van der Waals surface area contributed by atoms with Crippen LogP contribution < -0.4 is 0 Å². The average Bonchev–Trinajstić information content (AvgIpc) is 1.61. The van der Waals surface area contributed by atoms with Gasteiger partial charge in [0.05, 0.1) is 0 Å². The minimum atomic E-state index is 0.552. The second kappa shape index (κ2) is 6.01. The van der Waals surface area contributed by atoms with Gasteiger partial charge in [-0.1, -0.05) is 0 Å². The quantitative estimate of drug-likeness (QED) is 0.325. The van der Waals surface area contributed by atoms with E-state index in [-0.39, 0.29) is 0 Å². The molecule has 0 fully saturated rings. The van der Waals surface area contributed by atoms with Gasteiger partial charge in [-0.2, -0.15) is 0 Å². The van der Waals surface area contributed by atoms with E-state index in [9.17, 15) is 0 Å². The van der Waals surface area contributed by atoms with E-state index >= 15 is 0 Å². The van der Waals surface area contributed by atoms with Gasteiger partial charge in [0.15, 0.2) is 0 Å². The maximum atomic E-state index is 5.35. The van der Waals surface area contributed by atoms with Crippen molar-refractivity contribution in [2.24, 2.45) is 0 Å². The first kappa shape index (κ1) is 7.01. The molecule has 0 spiro atoms. The molecule has 1 unspecified atom stereocenters.